The Kier molecular flexibility index (Phi) is 5.00. The van der Waals surface area contributed by atoms with Crippen molar-refractivity contribution in [2.45, 2.75) is 33.2 Å². The number of likely N-dealkylation sites (tertiary alicyclic amines) is 1. The van der Waals surface area contributed by atoms with E-state index < -0.39 is 5.91 Å². The number of primary amides is 1. The topological polar surface area (TPSA) is 75.4 Å². The summed E-state index contributed by atoms with van der Waals surface area (Å²) < 4.78 is 0. The standard InChI is InChI=1S/C15H23N3O2S/c1-9-6-10(2)8-18(7-9)11(3)14(20)17-15-12(13(16)19)4-5-21-15/h4-5,9-11H,6-8H2,1-3H3,(H2,16,19)(H,17,20)/t9-,10-,11-/m1/s1. The number of amides is 2. The van der Waals surface area contributed by atoms with Gasteiger partial charge in [0.05, 0.1) is 11.6 Å². The lowest BCUT2D eigenvalue weighted by Crippen LogP contribution is -2.48. The third kappa shape index (κ3) is 3.83. The quantitative estimate of drug-likeness (QED) is 0.895. The molecule has 0 radical (unpaired) electrons. The summed E-state index contributed by atoms with van der Waals surface area (Å²) in [6.45, 7) is 8.23. The first kappa shape index (κ1) is 16.0. The molecule has 3 atom stereocenters. The van der Waals surface area contributed by atoms with Crippen LogP contribution < -0.4 is 11.1 Å². The average Bonchev–Trinajstić information content (AvgIpc) is 2.84. The normalized spacial score (nSPS) is 24.5. The molecule has 2 rings (SSSR count). The van der Waals surface area contributed by atoms with Gasteiger partial charge in [-0.05, 0) is 36.6 Å². The molecule has 3 N–H and O–H groups in total. The number of thiophene rings is 1. The number of rotatable bonds is 4. The number of carbonyl (C=O) groups excluding carboxylic acids is 2. The highest BCUT2D eigenvalue weighted by atomic mass is 32.1. The number of piperidine rings is 1. The van der Waals surface area contributed by atoms with Crippen molar-refractivity contribution in [3.63, 3.8) is 0 Å². The van der Waals surface area contributed by atoms with Crippen LogP contribution in [0.5, 0.6) is 0 Å². The first-order valence-electron chi connectivity index (χ1n) is 7.30. The van der Waals surface area contributed by atoms with Gasteiger partial charge in [-0.2, -0.15) is 0 Å². The lowest BCUT2D eigenvalue weighted by molar-refractivity contribution is -0.121. The van der Waals surface area contributed by atoms with Crippen LogP contribution in [0.15, 0.2) is 11.4 Å². The molecule has 0 spiro atoms. The molecule has 5 nitrogen and oxygen atoms in total. The Hall–Kier alpha value is -1.40. The first-order valence-corrected chi connectivity index (χ1v) is 8.18. The van der Waals surface area contributed by atoms with Crippen LogP contribution in [-0.2, 0) is 4.79 Å². The maximum atomic E-state index is 12.4. The van der Waals surface area contributed by atoms with Gasteiger partial charge < -0.3 is 11.1 Å². The predicted octanol–water partition coefficient (Wildman–Crippen LogP) is 2.15. The molecule has 21 heavy (non-hydrogen) atoms. The number of anilines is 1. The van der Waals surface area contributed by atoms with E-state index in [0.29, 0.717) is 22.4 Å². The van der Waals surface area contributed by atoms with E-state index in [1.807, 2.05) is 6.92 Å². The fourth-order valence-electron chi connectivity index (χ4n) is 3.01. The maximum absolute atomic E-state index is 12.4. The Labute approximate surface area is 129 Å². The molecule has 0 aliphatic carbocycles. The van der Waals surface area contributed by atoms with Crippen molar-refractivity contribution in [2.75, 3.05) is 18.4 Å². The van der Waals surface area contributed by atoms with E-state index >= 15 is 0 Å². The van der Waals surface area contributed by atoms with E-state index in [2.05, 4.69) is 24.1 Å². The van der Waals surface area contributed by atoms with Gasteiger partial charge in [-0.3, -0.25) is 14.5 Å². The summed E-state index contributed by atoms with van der Waals surface area (Å²) in [6.07, 6.45) is 1.21. The van der Waals surface area contributed by atoms with E-state index in [1.165, 1.54) is 17.8 Å². The largest absolute Gasteiger partial charge is 0.366 e. The molecular formula is C15H23N3O2S. The zero-order valence-electron chi connectivity index (χ0n) is 12.8. The molecule has 0 bridgehead atoms. The summed E-state index contributed by atoms with van der Waals surface area (Å²) in [6, 6.07) is 1.43. The third-order valence-corrected chi connectivity index (χ3v) is 4.82. The summed E-state index contributed by atoms with van der Waals surface area (Å²) in [5.41, 5.74) is 5.67. The molecule has 1 aliphatic heterocycles. The minimum absolute atomic E-state index is 0.0822. The van der Waals surface area contributed by atoms with E-state index in [1.54, 1.807) is 11.4 Å². The smallest absolute Gasteiger partial charge is 0.251 e. The van der Waals surface area contributed by atoms with Gasteiger partial charge in [-0.15, -0.1) is 11.3 Å². The van der Waals surface area contributed by atoms with Crippen LogP contribution in [0.25, 0.3) is 0 Å². The fourth-order valence-corrected chi connectivity index (χ4v) is 3.80. The van der Waals surface area contributed by atoms with Crippen LogP contribution in [0.1, 0.15) is 37.6 Å². The predicted molar refractivity (Wildman–Crippen MR) is 85.4 cm³/mol. The summed E-state index contributed by atoms with van der Waals surface area (Å²) in [7, 11) is 0. The lowest BCUT2D eigenvalue weighted by atomic mass is 9.91. The van der Waals surface area contributed by atoms with Gasteiger partial charge >= 0.3 is 0 Å². The SMILES string of the molecule is C[C@@H]1C[C@@H](C)CN([C@H](C)C(=O)Nc2sccc2C(N)=O)C1. The molecule has 1 aliphatic rings. The van der Waals surface area contributed by atoms with Crippen LogP contribution in [0.3, 0.4) is 0 Å². The average molecular weight is 309 g/mol. The van der Waals surface area contributed by atoms with Gasteiger partial charge in [-0.1, -0.05) is 13.8 Å². The minimum Gasteiger partial charge on any atom is -0.366 e. The number of nitrogens with one attached hydrogen (secondary N) is 1. The zero-order valence-corrected chi connectivity index (χ0v) is 13.6. The van der Waals surface area contributed by atoms with Gasteiger partial charge in [0.2, 0.25) is 5.91 Å². The number of carbonyl (C=O) groups is 2. The summed E-state index contributed by atoms with van der Waals surface area (Å²) >= 11 is 1.32. The van der Waals surface area contributed by atoms with Crippen LogP contribution >= 0.6 is 11.3 Å². The lowest BCUT2D eigenvalue weighted by Gasteiger charge is -2.38. The number of hydrogen-bond acceptors (Lipinski definition) is 4. The van der Waals surface area contributed by atoms with Crippen LogP contribution in [0.2, 0.25) is 0 Å². The third-order valence-electron chi connectivity index (χ3n) is 3.99. The Morgan fingerprint density at radius 3 is 2.57 bits per heavy atom. The molecule has 0 saturated carbocycles. The highest BCUT2D eigenvalue weighted by Crippen LogP contribution is 2.25. The van der Waals surface area contributed by atoms with Crippen molar-refractivity contribution in [3.05, 3.63) is 17.0 Å². The van der Waals surface area contributed by atoms with Gasteiger partial charge in [0.25, 0.3) is 5.91 Å². The summed E-state index contributed by atoms with van der Waals surface area (Å²) in [5, 5.41) is 5.13. The number of nitrogens with two attached hydrogens (primary N) is 1. The maximum Gasteiger partial charge on any atom is 0.251 e. The fraction of sp³-hybridized carbons (Fsp3) is 0.600. The van der Waals surface area contributed by atoms with E-state index in [0.717, 1.165) is 13.1 Å². The molecule has 2 amide bonds. The monoisotopic (exact) mass is 309 g/mol. The molecule has 1 aromatic rings. The Balaban J connectivity index is 2.02. The molecule has 0 unspecified atom stereocenters. The molecule has 116 valence electrons. The number of hydrogen-bond donors (Lipinski definition) is 2. The summed E-state index contributed by atoms with van der Waals surface area (Å²) in [4.78, 5) is 25.9. The van der Waals surface area contributed by atoms with E-state index in [4.69, 9.17) is 5.73 Å². The second-order valence-corrected chi connectivity index (χ2v) is 7.01. The van der Waals surface area contributed by atoms with Crippen molar-refractivity contribution in [1.82, 2.24) is 4.90 Å². The van der Waals surface area contributed by atoms with Gasteiger partial charge in [0, 0.05) is 13.1 Å². The zero-order chi connectivity index (χ0) is 15.6. The minimum atomic E-state index is -0.514. The van der Waals surface area contributed by atoms with Gasteiger partial charge in [0.1, 0.15) is 5.00 Å². The van der Waals surface area contributed by atoms with Gasteiger partial charge in [-0.25, -0.2) is 0 Å². The van der Waals surface area contributed by atoms with Crippen molar-refractivity contribution in [2.24, 2.45) is 17.6 Å². The molecule has 1 fully saturated rings. The van der Waals surface area contributed by atoms with Crippen molar-refractivity contribution in [3.8, 4) is 0 Å². The first-order chi connectivity index (χ1) is 9.88. The van der Waals surface area contributed by atoms with E-state index in [9.17, 15) is 9.59 Å². The molecule has 0 aromatic carbocycles. The van der Waals surface area contributed by atoms with Crippen LogP contribution in [0.4, 0.5) is 5.00 Å². The molecular weight excluding hydrogens is 286 g/mol. The summed E-state index contributed by atoms with van der Waals surface area (Å²) in [5.74, 6) is 0.611. The highest BCUT2D eigenvalue weighted by molar-refractivity contribution is 7.14. The second kappa shape index (κ2) is 6.58. The molecule has 6 heteroatoms. The Morgan fingerprint density at radius 2 is 2.00 bits per heavy atom. The van der Waals surface area contributed by atoms with Crippen LogP contribution in [-0.4, -0.2) is 35.8 Å². The van der Waals surface area contributed by atoms with Crippen molar-refractivity contribution >= 4 is 28.2 Å². The Bertz CT molecular complexity index is 519. The van der Waals surface area contributed by atoms with Crippen molar-refractivity contribution < 1.29 is 9.59 Å². The molecule has 1 aromatic heterocycles. The van der Waals surface area contributed by atoms with E-state index in [-0.39, 0.29) is 11.9 Å². The molecule has 1 saturated heterocycles. The molecule has 2 heterocycles. The highest BCUT2D eigenvalue weighted by Gasteiger charge is 2.29. The van der Waals surface area contributed by atoms with Gasteiger partial charge in [0.15, 0.2) is 0 Å². The number of nitrogens with zero attached hydrogens (tertiary/aromatic N) is 1. The second-order valence-electron chi connectivity index (χ2n) is 6.09. The van der Waals surface area contributed by atoms with Crippen LogP contribution in [0, 0.1) is 11.8 Å². The Morgan fingerprint density at radius 1 is 1.38 bits per heavy atom. The van der Waals surface area contributed by atoms with Crippen molar-refractivity contribution in [1.29, 1.82) is 0 Å².